The third-order valence-corrected chi connectivity index (χ3v) is 1.60. The van der Waals surface area contributed by atoms with Crippen molar-refractivity contribution in [3.63, 3.8) is 0 Å². The molecule has 0 spiro atoms. The molecule has 80 valence electrons. The number of ether oxygens (including phenoxy) is 1. The Morgan fingerprint density at radius 3 is 2.27 bits per heavy atom. The monoisotopic (exact) mass is 288 g/mol. The van der Waals surface area contributed by atoms with Gasteiger partial charge < -0.3 is 21.7 Å². The van der Waals surface area contributed by atoms with Crippen molar-refractivity contribution in [2.24, 2.45) is 0 Å². The first-order chi connectivity index (χ1) is 6.25. The molecule has 0 aliphatic carbocycles. The van der Waals surface area contributed by atoms with Crippen LogP contribution in [0.3, 0.4) is 0 Å². The molecule has 15 heavy (non-hydrogen) atoms. The van der Waals surface area contributed by atoms with Crippen molar-refractivity contribution in [1.82, 2.24) is 0 Å². The van der Waals surface area contributed by atoms with Gasteiger partial charge >= 0.3 is 23.1 Å². The minimum Gasteiger partial charge on any atom is -1.00 e. The molecule has 0 aliphatic heterocycles. The van der Waals surface area contributed by atoms with Crippen LogP contribution in [-0.2, 0) is 0 Å². The average molecular weight is 289 g/mol. The van der Waals surface area contributed by atoms with E-state index >= 15 is 0 Å². The molecule has 1 aromatic carbocycles. The topological polar surface area (TPSA) is 9.23 Å². The van der Waals surface area contributed by atoms with Crippen LogP contribution < -0.4 is 21.7 Å². The molecule has 1 nitrogen and oxygen atoms in total. The standard InChI is InChI=1S/C10H11F2O.BrH.Mg/c1-2-3-7-13-10-8(11)5-4-6-9(10)12;;/h5-6H,2-3,7H2,1H3;1H;/q-1;;+2/p-1. The smallest absolute Gasteiger partial charge is 1.00 e. The zero-order valence-corrected chi connectivity index (χ0v) is 11.5. The van der Waals surface area contributed by atoms with Crippen LogP contribution in [0.15, 0.2) is 12.1 Å². The number of rotatable bonds is 4. The van der Waals surface area contributed by atoms with Gasteiger partial charge in [0.2, 0.25) is 0 Å². The molecule has 0 aromatic heterocycles. The Morgan fingerprint density at radius 1 is 1.27 bits per heavy atom. The quantitative estimate of drug-likeness (QED) is 0.415. The molecule has 0 saturated heterocycles. The fourth-order valence-corrected chi connectivity index (χ4v) is 0.890. The van der Waals surface area contributed by atoms with E-state index in [9.17, 15) is 8.78 Å². The summed E-state index contributed by atoms with van der Waals surface area (Å²) < 4.78 is 30.7. The van der Waals surface area contributed by atoms with E-state index in [0.717, 1.165) is 25.0 Å². The van der Waals surface area contributed by atoms with Gasteiger partial charge in [-0.3, -0.25) is 8.78 Å². The minimum atomic E-state index is -0.698. The first-order valence-electron chi connectivity index (χ1n) is 4.23. The van der Waals surface area contributed by atoms with Crippen molar-refractivity contribution in [2.75, 3.05) is 6.61 Å². The predicted molar refractivity (Wildman–Crippen MR) is 51.4 cm³/mol. The molecular weight excluding hydrogens is 278 g/mol. The van der Waals surface area contributed by atoms with Crippen LogP contribution in [0.25, 0.3) is 0 Å². The maximum Gasteiger partial charge on any atom is 2.00 e. The third kappa shape index (κ3) is 5.68. The first kappa shape index (κ1) is 17.5. The zero-order chi connectivity index (χ0) is 9.68. The predicted octanol–water partition coefficient (Wildman–Crippen LogP) is -0.433. The maximum atomic E-state index is 12.9. The normalized spacial score (nSPS) is 8.73. The molecule has 0 saturated carbocycles. The zero-order valence-electron chi connectivity index (χ0n) is 8.53. The van der Waals surface area contributed by atoms with Gasteiger partial charge in [0.25, 0.3) is 0 Å². The summed E-state index contributed by atoms with van der Waals surface area (Å²) in [7, 11) is 0. The average Bonchev–Trinajstić information content (AvgIpc) is 2.10. The summed E-state index contributed by atoms with van der Waals surface area (Å²) >= 11 is 0. The number of unbranched alkanes of at least 4 members (excludes halogenated alkanes) is 1. The SMILES string of the molecule is CCCCOc1c(F)c[c-]cc1F.[Br-].[Mg+2]. The summed E-state index contributed by atoms with van der Waals surface area (Å²) in [5.41, 5.74) is 0. The second-order valence-electron chi connectivity index (χ2n) is 2.68. The van der Waals surface area contributed by atoms with Crippen LogP contribution in [0.4, 0.5) is 8.78 Å². The summed E-state index contributed by atoms with van der Waals surface area (Å²) in [5, 5.41) is 0. The van der Waals surface area contributed by atoms with Crippen LogP contribution in [0.2, 0.25) is 0 Å². The molecular formula is C10H11BrF2MgO. The summed E-state index contributed by atoms with van der Waals surface area (Å²) in [6.07, 6.45) is 1.72. The van der Waals surface area contributed by atoms with Gasteiger partial charge in [-0.1, -0.05) is 13.3 Å². The molecule has 0 fully saturated rings. The van der Waals surface area contributed by atoms with Crippen LogP contribution in [0.5, 0.6) is 5.75 Å². The van der Waals surface area contributed by atoms with Gasteiger partial charge in [-0.2, -0.15) is 6.07 Å². The Bertz CT molecular complexity index is 264. The van der Waals surface area contributed by atoms with E-state index in [1.54, 1.807) is 0 Å². The molecule has 0 bridgehead atoms. The number of hydrogen-bond donors (Lipinski definition) is 0. The van der Waals surface area contributed by atoms with Crippen LogP contribution >= 0.6 is 0 Å². The van der Waals surface area contributed by atoms with Crippen molar-refractivity contribution in [3.05, 3.63) is 29.8 Å². The second kappa shape index (κ2) is 9.36. The van der Waals surface area contributed by atoms with Gasteiger partial charge in [-0.05, 0) is 6.42 Å². The molecule has 0 unspecified atom stereocenters. The van der Waals surface area contributed by atoms with E-state index in [4.69, 9.17) is 4.74 Å². The molecule has 0 aliphatic rings. The number of hydrogen-bond acceptors (Lipinski definition) is 1. The van der Waals surface area contributed by atoms with Gasteiger partial charge in [0.05, 0.1) is 24.0 Å². The van der Waals surface area contributed by atoms with Gasteiger partial charge in [-0.15, -0.1) is 12.1 Å². The largest absolute Gasteiger partial charge is 2.00 e. The Labute approximate surface area is 115 Å². The van der Waals surface area contributed by atoms with Crippen LogP contribution in [0, 0.1) is 17.7 Å². The van der Waals surface area contributed by atoms with Crippen LogP contribution in [0.1, 0.15) is 19.8 Å². The molecule has 1 rings (SSSR count). The first-order valence-corrected chi connectivity index (χ1v) is 4.23. The molecule has 0 radical (unpaired) electrons. The van der Waals surface area contributed by atoms with E-state index in [1.807, 2.05) is 6.92 Å². The molecule has 1 aromatic rings. The fraction of sp³-hybridized carbons (Fsp3) is 0.400. The molecule has 5 heteroatoms. The summed E-state index contributed by atoms with van der Waals surface area (Å²) in [6.45, 7) is 2.32. The minimum absolute atomic E-state index is 0. The molecule has 0 amide bonds. The van der Waals surface area contributed by atoms with Gasteiger partial charge in [0, 0.05) is 0 Å². The molecule has 0 N–H and O–H groups in total. The van der Waals surface area contributed by atoms with E-state index in [0.29, 0.717) is 6.61 Å². The summed E-state index contributed by atoms with van der Waals surface area (Å²) in [4.78, 5) is 0. The van der Waals surface area contributed by atoms with Crippen molar-refractivity contribution < 1.29 is 30.5 Å². The van der Waals surface area contributed by atoms with E-state index < -0.39 is 11.6 Å². The van der Waals surface area contributed by atoms with Crippen molar-refractivity contribution in [1.29, 1.82) is 0 Å². The van der Waals surface area contributed by atoms with Crippen LogP contribution in [-0.4, -0.2) is 29.7 Å². The Morgan fingerprint density at radius 2 is 1.80 bits per heavy atom. The molecule has 0 atom stereocenters. The Hall–Kier alpha value is 0.126. The second-order valence-corrected chi connectivity index (χ2v) is 2.68. The summed E-state index contributed by atoms with van der Waals surface area (Å²) in [5.74, 6) is -1.69. The summed E-state index contributed by atoms with van der Waals surface area (Å²) in [6, 6.07) is 4.45. The number of benzene rings is 1. The number of halogens is 3. The Balaban J connectivity index is 0. The van der Waals surface area contributed by atoms with Crippen molar-refractivity contribution in [2.45, 2.75) is 19.8 Å². The Kier molecular flexibility index (Phi) is 10.9. The maximum absolute atomic E-state index is 12.9. The van der Waals surface area contributed by atoms with Gasteiger partial charge in [0.15, 0.2) is 0 Å². The third-order valence-electron chi connectivity index (χ3n) is 1.60. The fourth-order valence-electron chi connectivity index (χ4n) is 0.890. The van der Waals surface area contributed by atoms with Gasteiger partial charge in [0.1, 0.15) is 0 Å². The molecule has 0 heterocycles. The van der Waals surface area contributed by atoms with Crippen molar-refractivity contribution >= 4 is 23.1 Å². The van der Waals surface area contributed by atoms with E-state index in [2.05, 4.69) is 6.07 Å². The van der Waals surface area contributed by atoms with E-state index in [1.165, 1.54) is 0 Å². The van der Waals surface area contributed by atoms with Crippen molar-refractivity contribution in [3.8, 4) is 5.75 Å². The van der Waals surface area contributed by atoms with E-state index in [-0.39, 0.29) is 45.8 Å². The van der Waals surface area contributed by atoms with Gasteiger partial charge in [-0.25, -0.2) is 0 Å².